The van der Waals surface area contributed by atoms with Crippen LogP contribution in [-0.2, 0) is 20.9 Å². The Morgan fingerprint density at radius 2 is 1.85 bits per heavy atom. The number of anilines is 1. The topological polar surface area (TPSA) is 66.9 Å². The van der Waals surface area contributed by atoms with Gasteiger partial charge >= 0.3 is 5.97 Å². The first-order chi connectivity index (χ1) is 13.0. The maximum absolute atomic E-state index is 13.8. The number of rotatable bonds is 3. The van der Waals surface area contributed by atoms with Gasteiger partial charge in [-0.05, 0) is 18.2 Å². The van der Waals surface area contributed by atoms with Crippen LogP contribution >= 0.6 is 0 Å². The van der Waals surface area contributed by atoms with E-state index >= 15 is 0 Å². The lowest BCUT2D eigenvalue weighted by molar-refractivity contribution is -0.157. The van der Waals surface area contributed by atoms with Gasteiger partial charge in [-0.25, -0.2) is 9.18 Å². The number of nitrogens with zero attached hydrogens (tertiary/aromatic N) is 2. The summed E-state index contributed by atoms with van der Waals surface area (Å²) in [7, 11) is 1.48. The molecule has 4 rings (SSSR count). The van der Waals surface area contributed by atoms with Crippen LogP contribution in [0.4, 0.5) is 10.1 Å². The summed E-state index contributed by atoms with van der Waals surface area (Å²) in [5.41, 5.74) is -0.574. The van der Waals surface area contributed by atoms with Gasteiger partial charge in [0.25, 0.3) is 5.91 Å². The average Bonchev–Trinajstić information content (AvgIpc) is 3.04. The van der Waals surface area contributed by atoms with E-state index in [1.807, 2.05) is 0 Å². The molecular weight excluding hydrogens is 351 g/mol. The molecule has 2 heterocycles. The van der Waals surface area contributed by atoms with Gasteiger partial charge < -0.3 is 9.64 Å². The lowest BCUT2D eigenvalue weighted by Crippen LogP contribution is -2.67. The summed E-state index contributed by atoms with van der Waals surface area (Å²) in [6, 6.07) is 12.6. The second-order valence-electron chi connectivity index (χ2n) is 6.59. The molecule has 2 amide bonds. The number of benzene rings is 2. The zero-order valence-electron chi connectivity index (χ0n) is 14.6. The largest absolute Gasteiger partial charge is 0.458 e. The van der Waals surface area contributed by atoms with E-state index in [0.29, 0.717) is 11.3 Å². The van der Waals surface area contributed by atoms with Gasteiger partial charge in [0.05, 0.1) is 11.3 Å². The van der Waals surface area contributed by atoms with Crippen molar-refractivity contribution in [3.05, 3.63) is 65.5 Å². The van der Waals surface area contributed by atoms with Gasteiger partial charge in [-0.2, -0.15) is 0 Å². The van der Waals surface area contributed by atoms with Gasteiger partial charge in [0.15, 0.2) is 0 Å². The first kappa shape index (κ1) is 17.2. The van der Waals surface area contributed by atoms with E-state index in [-0.39, 0.29) is 36.8 Å². The second-order valence-corrected chi connectivity index (χ2v) is 6.59. The first-order valence-electron chi connectivity index (χ1n) is 8.57. The Balaban J connectivity index is 1.71. The zero-order chi connectivity index (χ0) is 19.2. The van der Waals surface area contributed by atoms with Crippen LogP contribution in [0.15, 0.2) is 48.5 Å². The van der Waals surface area contributed by atoms with Crippen molar-refractivity contribution < 1.29 is 23.5 Å². The van der Waals surface area contributed by atoms with Crippen molar-refractivity contribution >= 4 is 23.5 Å². The van der Waals surface area contributed by atoms with Crippen LogP contribution in [0, 0.1) is 5.82 Å². The van der Waals surface area contributed by atoms with E-state index in [9.17, 15) is 18.8 Å². The summed E-state index contributed by atoms with van der Waals surface area (Å²) in [6.07, 6.45) is 0.235. The number of fused-ring (bicyclic) bond motifs is 3. The number of hydrogen-bond donors (Lipinski definition) is 0. The first-order valence-corrected chi connectivity index (χ1v) is 8.57. The van der Waals surface area contributed by atoms with Crippen molar-refractivity contribution in [3.8, 4) is 0 Å². The molecule has 2 aromatic carbocycles. The number of halogens is 1. The van der Waals surface area contributed by atoms with E-state index in [2.05, 4.69) is 0 Å². The lowest BCUT2D eigenvalue weighted by atomic mass is 9.97. The highest BCUT2D eigenvalue weighted by Crippen LogP contribution is 2.44. The third-order valence-electron chi connectivity index (χ3n) is 5.19. The number of ether oxygens (including phenoxy) is 1. The van der Waals surface area contributed by atoms with E-state index in [4.69, 9.17) is 4.74 Å². The van der Waals surface area contributed by atoms with E-state index in [1.165, 1.54) is 29.0 Å². The SMILES string of the molecule is CN1C(=O)c2ccccc2N2C(=O)CCC12C(=O)OCc1ccccc1F. The predicted molar refractivity (Wildman–Crippen MR) is 94.2 cm³/mol. The quantitative estimate of drug-likeness (QED) is 0.781. The van der Waals surface area contributed by atoms with Crippen molar-refractivity contribution in [1.82, 2.24) is 4.90 Å². The standard InChI is InChI=1S/C20H17FN2O4/c1-22-18(25)14-7-3-5-9-16(14)23-17(24)10-11-20(22,23)19(26)27-12-13-6-2-4-8-15(13)21/h2-9H,10-12H2,1H3. The lowest BCUT2D eigenvalue weighted by Gasteiger charge is -2.46. The molecule has 1 unspecified atom stereocenters. The highest BCUT2D eigenvalue weighted by Gasteiger charge is 2.60. The Kier molecular flexibility index (Phi) is 3.95. The molecule has 138 valence electrons. The molecule has 27 heavy (non-hydrogen) atoms. The highest BCUT2D eigenvalue weighted by molar-refractivity contribution is 6.15. The predicted octanol–water partition coefficient (Wildman–Crippen LogP) is 2.48. The minimum atomic E-state index is -1.55. The number of carbonyl (C=O) groups excluding carboxylic acids is 3. The summed E-state index contributed by atoms with van der Waals surface area (Å²) in [5.74, 6) is -1.86. The molecule has 1 atom stereocenters. The van der Waals surface area contributed by atoms with Gasteiger partial charge in [-0.1, -0.05) is 30.3 Å². The Bertz CT molecular complexity index is 961. The number of carbonyl (C=O) groups is 3. The zero-order valence-corrected chi connectivity index (χ0v) is 14.6. The number of likely N-dealkylation sites (N-methyl/N-ethyl adjacent to an activating group) is 1. The fraction of sp³-hybridized carbons (Fsp3) is 0.250. The molecule has 1 saturated heterocycles. The molecule has 2 aliphatic heterocycles. The molecule has 7 heteroatoms. The fourth-order valence-corrected chi connectivity index (χ4v) is 3.77. The van der Waals surface area contributed by atoms with Crippen LogP contribution in [0.1, 0.15) is 28.8 Å². The van der Waals surface area contributed by atoms with Crippen molar-refractivity contribution in [2.75, 3.05) is 11.9 Å². The van der Waals surface area contributed by atoms with Crippen molar-refractivity contribution in [2.24, 2.45) is 0 Å². The Morgan fingerprint density at radius 3 is 2.63 bits per heavy atom. The van der Waals surface area contributed by atoms with Crippen molar-refractivity contribution in [1.29, 1.82) is 0 Å². The van der Waals surface area contributed by atoms with Gasteiger partial charge in [-0.15, -0.1) is 0 Å². The molecule has 2 aromatic rings. The Morgan fingerprint density at radius 1 is 1.15 bits per heavy atom. The maximum Gasteiger partial charge on any atom is 0.354 e. The maximum atomic E-state index is 13.8. The normalized spacial score (nSPS) is 21.1. The van der Waals surface area contributed by atoms with E-state index < -0.39 is 17.4 Å². The molecule has 0 saturated carbocycles. The fourth-order valence-electron chi connectivity index (χ4n) is 3.77. The van der Waals surface area contributed by atoms with Crippen molar-refractivity contribution in [3.63, 3.8) is 0 Å². The number of amides is 2. The highest BCUT2D eigenvalue weighted by atomic mass is 19.1. The van der Waals surface area contributed by atoms with Gasteiger partial charge in [0.1, 0.15) is 12.4 Å². The molecule has 2 aliphatic rings. The van der Waals surface area contributed by atoms with Crippen LogP contribution in [-0.4, -0.2) is 35.4 Å². The molecule has 0 N–H and O–H groups in total. The number of para-hydroxylation sites is 1. The van der Waals surface area contributed by atoms with Crippen LogP contribution in [0.2, 0.25) is 0 Å². The summed E-state index contributed by atoms with van der Waals surface area (Å²) in [5, 5.41) is 0. The molecule has 6 nitrogen and oxygen atoms in total. The van der Waals surface area contributed by atoms with Crippen LogP contribution in [0.5, 0.6) is 0 Å². The summed E-state index contributed by atoms with van der Waals surface area (Å²) in [4.78, 5) is 41.1. The Hall–Kier alpha value is -3.22. The van der Waals surface area contributed by atoms with E-state index in [1.54, 1.807) is 36.4 Å². The third-order valence-corrected chi connectivity index (χ3v) is 5.19. The second kappa shape index (κ2) is 6.19. The van der Waals surface area contributed by atoms with Crippen LogP contribution < -0.4 is 4.90 Å². The van der Waals surface area contributed by atoms with Crippen LogP contribution in [0.25, 0.3) is 0 Å². The van der Waals surface area contributed by atoms with Gasteiger partial charge in [0.2, 0.25) is 11.6 Å². The molecule has 0 spiro atoms. The molecule has 0 aromatic heterocycles. The van der Waals surface area contributed by atoms with Crippen LogP contribution in [0.3, 0.4) is 0 Å². The molecule has 0 bridgehead atoms. The monoisotopic (exact) mass is 368 g/mol. The molecule has 0 radical (unpaired) electrons. The minimum Gasteiger partial charge on any atom is -0.458 e. The van der Waals surface area contributed by atoms with E-state index in [0.717, 1.165) is 0 Å². The third kappa shape index (κ3) is 2.42. The number of esters is 1. The van der Waals surface area contributed by atoms with Gasteiger partial charge in [0, 0.05) is 25.5 Å². The Labute approximate surface area is 155 Å². The molecular formula is C20H17FN2O4. The summed E-state index contributed by atoms with van der Waals surface area (Å²) >= 11 is 0. The average molecular weight is 368 g/mol. The smallest absolute Gasteiger partial charge is 0.354 e. The van der Waals surface area contributed by atoms with Crippen molar-refractivity contribution in [2.45, 2.75) is 25.1 Å². The molecule has 0 aliphatic carbocycles. The van der Waals surface area contributed by atoms with Gasteiger partial charge in [-0.3, -0.25) is 14.5 Å². The number of hydrogen-bond acceptors (Lipinski definition) is 4. The molecule has 1 fully saturated rings. The summed E-state index contributed by atoms with van der Waals surface area (Å²) in [6.45, 7) is -0.279. The minimum absolute atomic E-state index is 0.112. The summed E-state index contributed by atoms with van der Waals surface area (Å²) < 4.78 is 19.2.